The van der Waals surface area contributed by atoms with Crippen molar-refractivity contribution >= 4 is 22.9 Å². The highest BCUT2D eigenvalue weighted by Gasteiger charge is 2.19. The van der Waals surface area contributed by atoms with E-state index in [1.54, 1.807) is 0 Å². The Morgan fingerprint density at radius 2 is 2.16 bits per heavy atom. The van der Waals surface area contributed by atoms with Crippen molar-refractivity contribution in [3.63, 3.8) is 0 Å². The maximum absolute atomic E-state index is 12.2. The number of hydrogen-bond acceptors (Lipinski definition) is 7. The van der Waals surface area contributed by atoms with Crippen LogP contribution in [0.1, 0.15) is 25.3 Å². The van der Waals surface area contributed by atoms with E-state index in [2.05, 4.69) is 15.1 Å². The third-order valence-corrected chi connectivity index (χ3v) is 3.93. The molecule has 0 unspecified atom stereocenters. The number of amides is 1. The first-order valence-corrected chi connectivity index (χ1v) is 7.75. The van der Waals surface area contributed by atoms with Crippen LogP contribution in [0.2, 0.25) is 0 Å². The molecule has 3 rings (SSSR count). The number of carboxylic acid groups (broad SMARTS) is 1. The van der Waals surface area contributed by atoms with Crippen molar-refractivity contribution in [2.75, 3.05) is 13.1 Å². The first kappa shape index (κ1) is 16.7. The number of carbonyl (C=O) groups is 1. The molecular formula is C15H16N4O6. The van der Waals surface area contributed by atoms with E-state index in [0.717, 1.165) is 0 Å². The zero-order valence-corrected chi connectivity index (χ0v) is 13.4. The number of nitrogens with one attached hydrogen (secondary N) is 1. The summed E-state index contributed by atoms with van der Waals surface area (Å²) in [6.45, 7) is 2.47. The third-order valence-electron chi connectivity index (χ3n) is 3.93. The lowest BCUT2D eigenvalue weighted by Gasteiger charge is -2.24. The van der Waals surface area contributed by atoms with Crippen molar-refractivity contribution in [1.82, 2.24) is 14.9 Å². The molecule has 25 heavy (non-hydrogen) atoms. The number of fused-ring (bicyclic) bond motifs is 1. The number of aryl methyl sites for hydroxylation is 1. The summed E-state index contributed by atoms with van der Waals surface area (Å²) in [5.74, 6) is 0. The van der Waals surface area contributed by atoms with E-state index in [1.807, 2.05) is 6.92 Å². The Labute approximate surface area is 140 Å². The maximum Gasteiger partial charge on any atom is 0.407 e. The summed E-state index contributed by atoms with van der Waals surface area (Å²) in [6, 6.07) is 1.07. The fraction of sp³-hybridized carbons (Fsp3) is 0.400. The fourth-order valence-electron chi connectivity index (χ4n) is 2.61. The SMILES string of the molecule is CCc1cc(=O)oc2nc(ON=C3CCN(C(=O)O)CC3)[nH]c(=O)c12. The van der Waals surface area contributed by atoms with Crippen LogP contribution in [0.15, 0.2) is 25.2 Å². The molecule has 0 aliphatic carbocycles. The van der Waals surface area contributed by atoms with E-state index < -0.39 is 17.3 Å². The van der Waals surface area contributed by atoms with Gasteiger partial charge in [-0.3, -0.25) is 9.78 Å². The summed E-state index contributed by atoms with van der Waals surface area (Å²) in [5, 5.41) is 13.0. The molecule has 0 spiro atoms. The Morgan fingerprint density at radius 3 is 2.80 bits per heavy atom. The lowest BCUT2D eigenvalue weighted by atomic mass is 10.1. The summed E-state index contributed by atoms with van der Waals surface area (Å²) in [7, 11) is 0. The highest BCUT2D eigenvalue weighted by atomic mass is 16.6. The molecule has 0 saturated carbocycles. The van der Waals surface area contributed by atoms with Crippen LogP contribution >= 0.6 is 0 Å². The van der Waals surface area contributed by atoms with E-state index in [-0.39, 0.29) is 17.1 Å². The zero-order valence-electron chi connectivity index (χ0n) is 13.4. The average Bonchev–Trinajstić information content (AvgIpc) is 2.59. The molecule has 1 fully saturated rings. The summed E-state index contributed by atoms with van der Waals surface area (Å²) in [4.78, 5) is 47.4. The number of hydrogen-bond donors (Lipinski definition) is 2. The van der Waals surface area contributed by atoms with Crippen molar-refractivity contribution in [3.05, 3.63) is 32.4 Å². The smallest absolute Gasteiger partial charge is 0.407 e. The molecule has 2 aromatic rings. The number of piperidine rings is 1. The molecule has 1 aliphatic rings. The lowest BCUT2D eigenvalue weighted by molar-refractivity contribution is 0.144. The van der Waals surface area contributed by atoms with Gasteiger partial charge in [-0.2, -0.15) is 4.98 Å². The highest BCUT2D eigenvalue weighted by Crippen LogP contribution is 2.14. The monoisotopic (exact) mass is 348 g/mol. The van der Waals surface area contributed by atoms with Gasteiger partial charge in [0.05, 0.1) is 5.71 Å². The van der Waals surface area contributed by atoms with Gasteiger partial charge in [-0.15, -0.1) is 0 Å². The first-order valence-electron chi connectivity index (χ1n) is 7.75. The Hall–Kier alpha value is -3.17. The molecule has 0 atom stereocenters. The molecule has 2 aromatic heterocycles. The van der Waals surface area contributed by atoms with Crippen LogP contribution in [0.3, 0.4) is 0 Å². The molecule has 1 amide bonds. The van der Waals surface area contributed by atoms with Crippen LogP contribution in [0, 0.1) is 0 Å². The highest BCUT2D eigenvalue weighted by molar-refractivity contribution is 5.86. The van der Waals surface area contributed by atoms with Gasteiger partial charge in [0, 0.05) is 32.0 Å². The molecule has 1 aliphatic heterocycles. The Kier molecular flexibility index (Phi) is 4.50. The molecular weight excluding hydrogens is 332 g/mol. The molecule has 3 heterocycles. The molecule has 0 bridgehead atoms. The van der Waals surface area contributed by atoms with Crippen molar-refractivity contribution in [1.29, 1.82) is 0 Å². The quantitative estimate of drug-likeness (QED) is 0.787. The predicted octanol–water partition coefficient (Wildman–Crippen LogP) is 0.947. The second-order valence-electron chi connectivity index (χ2n) is 5.51. The van der Waals surface area contributed by atoms with E-state index in [9.17, 15) is 14.4 Å². The van der Waals surface area contributed by atoms with E-state index in [1.165, 1.54) is 11.0 Å². The minimum absolute atomic E-state index is 0.107. The maximum atomic E-state index is 12.2. The van der Waals surface area contributed by atoms with Crippen LogP contribution in [-0.2, 0) is 6.42 Å². The standard InChI is InChI=1S/C15H16N4O6/c1-2-8-7-10(20)24-13-11(8)12(21)16-14(17-13)25-18-9-3-5-19(6-4-9)15(22)23/h7H,2-6H2,1H3,(H,22,23)(H,16,17,21). The molecule has 10 nitrogen and oxygen atoms in total. The van der Waals surface area contributed by atoms with E-state index in [4.69, 9.17) is 14.4 Å². The van der Waals surface area contributed by atoms with E-state index >= 15 is 0 Å². The number of aromatic nitrogens is 2. The second kappa shape index (κ2) is 6.75. The van der Waals surface area contributed by atoms with Crippen LogP contribution in [0.25, 0.3) is 11.1 Å². The number of likely N-dealkylation sites (tertiary alicyclic amines) is 1. The van der Waals surface area contributed by atoms with Crippen molar-refractivity contribution in [2.45, 2.75) is 26.2 Å². The van der Waals surface area contributed by atoms with Gasteiger partial charge in [0.15, 0.2) is 0 Å². The Bertz CT molecular complexity index is 951. The number of aromatic amines is 1. The van der Waals surface area contributed by atoms with E-state index in [0.29, 0.717) is 43.6 Å². The molecule has 10 heteroatoms. The van der Waals surface area contributed by atoms with Gasteiger partial charge in [-0.1, -0.05) is 12.1 Å². The topological polar surface area (TPSA) is 138 Å². The Balaban J connectivity index is 1.83. The second-order valence-corrected chi connectivity index (χ2v) is 5.51. The molecule has 0 aromatic carbocycles. The normalized spacial score (nSPS) is 14.6. The number of nitrogens with zero attached hydrogens (tertiary/aromatic N) is 3. The average molecular weight is 348 g/mol. The predicted molar refractivity (Wildman–Crippen MR) is 87.2 cm³/mol. The summed E-state index contributed by atoms with van der Waals surface area (Å²) in [5.41, 5.74) is 0.00848. The largest absolute Gasteiger partial charge is 0.465 e. The minimum atomic E-state index is -0.970. The molecule has 2 N–H and O–H groups in total. The van der Waals surface area contributed by atoms with Gasteiger partial charge in [0.25, 0.3) is 5.56 Å². The van der Waals surface area contributed by atoms with Gasteiger partial charge >= 0.3 is 17.7 Å². The fourth-order valence-corrected chi connectivity index (χ4v) is 2.61. The number of H-pyrrole nitrogens is 1. The summed E-state index contributed by atoms with van der Waals surface area (Å²) < 4.78 is 4.97. The number of oxime groups is 1. The summed E-state index contributed by atoms with van der Waals surface area (Å²) in [6.07, 6.45) is 0.371. The van der Waals surface area contributed by atoms with Crippen LogP contribution in [0.4, 0.5) is 4.79 Å². The molecule has 132 valence electrons. The van der Waals surface area contributed by atoms with Crippen LogP contribution in [0.5, 0.6) is 6.01 Å². The van der Waals surface area contributed by atoms with Gasteiger partial charge in [-0.25, -0.2) is 9.59 Å². The zero-order chi connectivity index (χ0) is 18.0. The lowest BCUT2D eigenvalue weighted by Crippen LogP contribution is -2.37. The van der Waals surface area contributed by atoms with Gasteiger partial charge in [0.2, 0.25) is 5.71 Å². The minimum Gasteiger partial charge on any atom is -0.465 e. The van der Waals surface area contributed by atoms with Gasteiger partial charge in [0.1, 0.15) is 5.39 Å². The van der Waals surface area contributed by atoms with Gasteiger partial charge in [-0.05, 0) is 12.0 Å². The van der Waals surface area contributed by atoms with Crippen molar-refractivity contribution in [2.24, 2.45) is 5.16 Å². The first-order chi connectivity index (χ1) is 12.0. The summed E-state index contributed by atoms with van der Waals surface area (Å²) >= 11 is 0. The third kappa shape index (κ3) is 3.52. The molecule has 0 radical (unpaired) electrons. The van der Waals surface area contributed by atoms with Crippen LogP contribution in [-0.4, -0.2) is 44.9 Å². The van der Waals surface area contributed by atoms with Gasteiger partial charge < -0.3 is 19.3 Å². The van der Waals surface area contributed by atoms with Crippen LogP contribution < -0.4 is 16.0 Å². The van der Waals surface area contributed by atoms with Crippen molar-refractivity contribution < 1.29 is 19.2 Å². The molecule has 1 saturated heterocycles. The Morgan fingerprint density at radius 1 is 1.44 bits per heavy atom. The van der Waals surface area contributed by atoms with Crippen molar-refractivity contribution in [3.8, 4) is 6.01 Å². The number of rotatable bonds is 3.